The molecule has 4 aromatic heterocycles. The number of aromatic nitrogens is 7. The minimum atomic E-state index is -4.99. The van der Waals surface area contributed by atoms with Crippen LogP contribution in [0.1, 0.15) is 12.5 Å². The van der Waals surface area contributed by atoms with Gasteiger partial charge in [-0.3, -0.25) is 27.2 Å². The zero-order valence-electron chi connectivity index (χ0n) is 22.2. The van der Waals surface area contributed by atoms with Gasteiger partial charge in [-0.15, -0.1) is 0 Å². The van der Waals surface area contributed by atoms with Gasteiger partial charge in [0.2, 0.25) is 0 Å². The van der Waals surface area contributed by atoms with Crippen LogP contribution in [0.5, 0.6) is 0 Å². The molecule has 0 amide bonds. The smallest absolute Gasteiger partial charge is 0.397 e. The summed E-state index contributed by atoms with van der Waals surface area (Å²) in [6.07, 6.45) is -6.90. The third kappa shape index (κ3) is 5.06. The van der Waals surface area contributed by atoms with E-state index in [4.69, 9.17) is 39.0 Å². The predicted molar refractivity (Wildman–Crippen MR) is 143 cm³/mol. The lowest BCUT2D eigenvalue weighted by Crippen LogP contribution is -2.39. The Balaban J connectivity index is 1.17. The summed E-state index contributed by atoms with van der Waals surface area (Å²) in [5, 5.41) is 22.3. The fourth-order valence-corrected chi connectivity index (χ4v) is 7.26. The molecule has 0 aromatic carbocycles. The number of pyridine rings is 1. The topological polar surface area (TPSA) is 297 Å². The monoisotopic (exact) mass is 657 g/mol. The molecule has 44 heavy (non-hydrogen) atoms. The second-order valence-corrected chi connectivity index (χ2v) is 12.9. The van der Waals surface area contributed by atoms with E-state index < -0.39 is 77.9 Å². The highest BCUT2D eigenvalue weighted by Crippen LogP contribution is 2.53. The second-order valence-electron chi connectivity index (χ2n) is 10.1. The van der Waals surface area contributed by atoms with E-state index in [1.165, 1.54) is 34.1 Å². The van der Waals surface area contributed by atoms with Crippen molar-refractivity contribution in [3.63, 3.8) is 0 Å². The Hall–Kier alpha value is -3.17. The number of hydrogen-bond acceptors (Lipinski definition) is 17. The van der Waals surface area contributed by atoms with Gasteiger partial charge >= 0.3 is 15.6 Å². The highest BCUT2D eigenvalue weighted by molar-refractivity contribution is 7.47. The molecule has 0 spiro atoms. The number of aliphatic hydroxyl groups is 2. The van der Waals surface area contributed by atoms with Crippen LogP contribution in [0.4, 0.5) is 11.5 Å². The number of rotatable bonds is 2. The maximum absolute atomic E-state index is 13.1. The summed E-state index contributed by atoms with van der Waals surface area (Å²) in [7, 11) is -9.99. The molecular weight excluding hydrogens is 632 g/mol. The molecular formula is C21H25N9O12P2. The Morgan fingerprint density at radius 2 is 1.30 bits per heavy atom. The van der Waals surface area contributed by atoms with Gasteiger partial charge < -0.3 is 40.9 Å². The standard InChI is InChI=1S/C21H25N9O12P2/c22-8-1-2-24-18-11(8)27-6-29(18)20-13(31)15-9(39-20)3-37-44(35,36)42-16-10(4-38-43(33,34)41-15)40-21(14(16)32)30-7-28-12-17(23)25-5-26-19(12)30/h1-2,5-7,9-10,13-16,20-21,31-32H,3-4H2,(H2,22,24)(H,33,34)(H,35,36)(H2,23,25,26)/t9-,10-,13?,14?,15+,16+,20-,21-/m1/s1. The van der Waals surface area contributed by atoms with Crippen LogP contribution in [-0.2, 0) is 36.7 Å². The molecule has 7 rings (SSSR count). The molecule has 3 fully saturated rings. The van der Waals surface area contributed by atoms with Crippen molar-refractivity contribution in [1.82, 2.24) is 34.1 Å². The molecule has 0 bridgehead atoms. The number of aliphatic hydroxyl groups excluding tert-OH is 2. The molecule has 4 unspecified atom stereocenters. The third-order valence-electron chi connectivity index (χ3n) is 7.36. The van der Waals surface area contributed by atoms with Crippen LogP contribution in [0.2, 0.25) is 0 Å². The molecule has 7 heterocycles. The van der Waals surface area contributed by atoms with Gasteiger partial charge in [0.1, 0.15) is 54.0 Å². The van der Waals surface area contributed by atoms with Crippen molar-refractivity contribution in [2.75, 3.05) is 24.7 Å². The van der Waals surface area contributed by atoms with Crippen molar-refractivity contribution < 1.29 is 56.7 Å². The van der Waals surface area contributed by atoms with E-state index in [2.05, 4.69) is 24.9 Å². The molecule has 0 aliphatic carbocycles. The first-order valence-electron chi connectivity index (χ1n) is 12.9. The van der Waals surface area contributed by atoms with Crippen LogP contribution in [0.3, 0.4) is 0 Å². The van der Waals surface area contributed by atoms with E-state index >= 15 is 0 Å². The van der Waals surface area contributed by atoms with Gasteiger partial charge in [-0.05, 0) is 6.07 Å². The Morgan fingerprint density at radius 1 is 0.773 bits per heavy atom. The van der Waals surface area contributed by atoms with E-state index in [0.717, 1.165) is 6.33 Å². The maximum atomic E-state index is 13.1. The highest BCUT2D eigenvalue weighted by Gasteiger charge is 2.54. The molecule has 10 atom stereocenters. The van der Waals surface area contributed by atoms with Crippen LogP contribution < -0.4 is 11.5 Å². The zero-order chi connectivity index (χ0) is 31.0. The van der Waals surface area contributed by atoms with E-state index in [1.54, 1.807) is 0 Å². The molecule has 0 saturated carbocycles. The van der Waals surface area contributed by atoms with E-state index in [9.17, 15) is 29.1 Å². The fourth-order valence-electron chi connectivity index (χ4n) is 5.33. The van der Waals surface area contributed by atoms with Crippen molar-refractivity contribution in [3.8, 4) is 0 Å². The zero-order valence-corrected chi connectivity index (χ0v) is 23.9. The summed E-state index contributed by atoms with van der Waals surface area (Å²) in [6.45, 7) is -1.54. The molecule has 3 saturated heterocycles. The molecule has 21 nitrogen and oxygen atoms in total. The van der Waals surface area contributed by atoms with Crippen LogP contribution >= 0.6 is 15.6 Å². The van der Waals surface area contributed by atoms with Gasteiger partial charge in [0, 0.05) is 6.20 Å². The van der Waals surface area contributed by atoms with Gasteiger partial charge in [-0.2, -0.15) is 0 Å². The number of imidazole rings is 2. The number of anilines is 2. The number of phosphoric acid groups is 2. The van der Waals surface area contributed by atoms with Gasteiger partial charge in [-0.1, -0.05) is 0 Å². The van der Waals surface area contributed by atoms with E-state index in [-0.39, 0.29) is 22.6 Å². The quantitative estimate of drug-likeness (QED) is 0.140. The van der Waals surface area contributed by atoms with Crippen LogP contribution in [0, 0.1) is 0 Å². The van der Waals surface area contributed by atoms with Gasteiger partial charge in [0.05, 0.1) is 31.6 Å². The molecule has 8 N–H and O–H groups in total. The highest BCUT2D eigenvalue weighted by atomic mass is 31.2. The average Bonchev–Trinajstić information content (AvgIpc) is 3.73. The largest absolute Gasteiger partial charge is 0.472 e. The molecule has 4 aromatic rings. The average molecular weight is 657 g/mol. The van der Waals surface area contributed by atoms with E-state index in [0.29, 0.717) is 11.2 Å². The van der Waals surface area contributed by atoms with Crippen molar-refractivity contribution in [2.24, 2.45) is 0 Å². The first-order chi connectivity index (χ1) is 20.9. The minimum absolute atomic E-state index is 0.0535. The SMILES string of the molecule is Nc1ccnc2c1ncn2[C@@H]1O[C@@H]2COP(=O)(O)O[C@@H]3C(O)[C@H](n4cnc5c(N)ncnc54)O[C@@H]3COP(=O)(O)O[C@@H]2C1O. The summed E-state index contributed by atoms with van der Waals surface area (Å²) in [6, 6.07) is 1.52. The van der Waals surface area contributed by atoms with Crippen molar-refractivity contribution in [1.29, 1.82) is 0 Å². The summed E-state index contributed by atoms with van der Waals surface area (Å²) in [5.74, 6) is 0.0535. The van der Waals surface area contributed by atoms with Gasteiger partial charge in [-0.25, -0.2) is 34.0 Å². The molecule has 3 aliphatic rings. The Bertz CT molecular complexity index is 1690. The summed E-state index contributed by atoms with van der Waals surface area (Å²) < 4.78 is 61.3. The lowest BCUT2D eigenvalue weighted by Gasteiger charge is -2.27. The molecule has 236 valence electrons. The maximum Gasteiger partial charge on any atom is 0.472 e. The van der Waals surface area contributed by atoms with Gasteiger partial charge in [0.15, 0.2) is 29.6 Å². The van der Waals surface area contributed by atoms with Crippen LogP contribution in [0.15, 0.2) is 31.2 Å². The van der Waals surface area contributed by atoms with Crippen molar-refractivity contribution in [2.45, 2.75) is 49.1 Å². The second kappa shape index (κ2) is 10.7. The normalized spacial score (nSPS) is 38.3. The van der Waals surface area contributed by atoms with Crippen molar-refractivity contribution >= 4 is 49.5 Å². The van der Waals surface area contributed by atoms with Crippen LogP contribution in [-0.4, -0.2) is 104 Å². The number of hydrogen-bond donors (Lipinski definition) is 6. The molecule has 3 aliphatic heterocycles. The summed E-state index contributed by atoms with van der Waals surface area (Å²) in [4.78, 5) is 41.6. The van der Waals surface area contributed by atoms with Crippen LogP contribution in [0.25, 0.3) is 22.3 Å². The predicted octanol–water partition coefficient (Wildman–Crippen LogP) is -1.03. The molecule has 23 heteroatoms. The summed E-state index contributed by atoms with van der Waals surface area (Å²) >= 11 is 0. The number of phosphoric ester groups is 2. The summed E-state index contributed by atoms with van der Waals surface area (Å²) in [5.41, 5.74) is 13.0. The Labute approximate surface area is 245 Å². The lowest BCUT2D eigenvalue weighted by atomic mass is 10.1. The third-order valence-corrected chi connectivity index (χ3v) is 9.33. The first kappa shape index (κ1) is 29.5. The Morgan fingerprint density at radius 3 is 1.86 bits per heavy atom. The Kier molecular flexibility index (Phi) is 7.20. The first-order valence-corrected chi connectivity index (χ1v) is 15.9. The van der Waals surface area contributed by atoms with Crippen molar-refractivity contribution in [3.05, 3.63) is 31.2 Å². The number of nitrogens with zero attached hydrogens (tertiary/aromatic N) is 7. The fraction of sp³-hybridized carbons (Fsp3) is 0.476. The number of fused-ring (bicyclic) bond motifs is 4. The van der Waals surface area contributed by atoms with Gasteiger partial charge in [0.25, 0.3) is 0 Å². The minimum Gasteiger partial charge on any atom is -0.397 e. The lowest BCUT2D eigenvalue weighted by molar-refractivity contribution is -0.0664. The molecule has 0 radical (unpaired) electrons. The number of nitrogens with two attached hydrogens (primary N) is 2. The number of ether oxygens (including phenoxy) is 2. The number of nitrogen functional groups attached to an aromatic ring is 2. The van der Waals surface area contributed by atoms with E-state index in [1.807, 2.05) is 0 Å².